The Morgan fingerprint density at radius 2 is 2.14 bits per heavy atom. The fourth-order valence-electron chi connectivity index (χ4n) is 2.75. The molecule has 7 heteroatoms. The second-order valence-electron chi connectivity index (χ2n) is 5.74. The van der Waals surface area contributed by atoms with Gasteiger partial charge in [-0.15, -0.1) is 0 Å². The summed E-state index contributed by atoms with van der Waals surface area (Å²) in [6.07, 6.45) is 2.53. The van der Waals surface area contributed by atoms with E-state index in [-0.39, 0.29) is 18.0 Å². The number of amides is 1. The summed E-state index contributed by atoms with van der Waals surface area (Å²) >= 11 is 0. The quantitative estimate of drug-likeness (QED) is 0.915. The molecule has 3 rings (SSSR count). The summed E-state index contributed by atoms with van der Waals surface area (Å²) in [5.41, 5.74) is 0.774. The van der Waals surface area contributed by atoms with Crippen LogP contribution in [0, 0.1) is 6.92 Å². The van der Waals surface area contributed by atoms with E-state index in [1.165, 1.54) is 0 Å². The van der Waals surface area contributed by atoms with Crippen LogP contribution in [0.2, 0.25) is 0 Å². The smallest absolute Gasteiger partial charge is 0.245 e. The minimum atomic E-state index is -0.217. The highest BCUT2D eigenvalue weighted by atomic mass is 16.2. The predicted octanol–water partition coefficient (Wildman–Crippen LogP) is 1.09. The van der Waals surface area contributed by atoms with Crippen molar-refractivity contribution in [3.8, 4) is 0 Å². The number of likely N-dealkylation sites (tertiary alicyclic amines) is 1. The summed E-state index contributed by atoms with van der Waals surface area (Å²) in [4.78, 5) is 23.1. The zero-order chi connectivity index (χ0) is 15.1. The highest BCUT2D eigenvalue weighted by Gasteiger charge is 2.33. The maximum absolute atomic E-state index is 12.4. The third-order valence-electron chi connectivity index (χ3n) is 3.88. The number of anilines is 1. The summed E-state index contributed by atoms with van der Waals surface area (Å²) in [6, 6.07) is 0.0138. The van der Waals surface area contributed by atoms with Crippen LogP contribution in [-0.2, 0) is 11.8 Å². The van der Waals surface area contributed by atoms with Crippen molar-refractivity contribution in [1.29, 1.82) is 0 Å². The Balaban J connectivity index is 1.91. The Morgan fingerprint density at radius 1 is 1.38 bits per heavy atom. The van der Waals surface area contributed by atoms with E-state index < -0.39 is 0 Å². The molecule has 1 aliphatic heterocycles. The van der Waals surface area contributed by atoms with Gasteiger partial charge in [0.1, 0.15) is 17.7 Å². The third kappa shape index (κ3) is 2.32. The standard InChI is InChI=1S/C14H20N6O/c1-8(2)20-6-5-11(14(20)21)18-12-10-7-15-19(4)13(10)17-9(3)16-12/h7-8,11H,5-6H2,1-4H3,(H,16,17,18)/t11-/m0/s1. The molecule has 0 aromatic carbocycles. The Labute approximate surface area is 123 Å². The molecule has 1 fully saturated rings. The van der Waals surface area contributed by atoms with Crippen molar-refractivity contribution in [3.63, 3.8) is 0 Å². The topological polar surface area (TPSA) is 75.9 Å². The van der Waals surface area contributed by atoms with Crippen LogP contribution in [0.1, 0.15) is 26.1 Å². The van der Waals surface area contributed by atoms with Gasteiger partial charge in [-0.05, 0) is 27.2 Å². The molecular weight excluding hydrogens is 268 g/mol. The summed E-state index contributed by atoms with van der Waals surface area (Å²) in [5, 5.41) is 8.34. The van der Waals surface area contributed by atoms with Crippen LogP contribution in [0.5, 0.6) is 0 Å². The molecule has 1 saturated heterocycles. The van der Waals surface area contributed by atoms with Gasteiger partial charge in [-0.1, -0.05) is 0 Å². The first-order valence-electron chi connectivity index (χ1n) is 7.20. The largest absolute Gasteiger partial charge is 0.358 e. The maximum Gasteiger partial charge on any atom is 0.245 e. The first-order valence-corrected chi connectivity index (χ1v) is 7.20. The Morgan fingerprint density at radius 3 is 2.81 bits per heavy atom. The van der Waals surface area contributed by atoms with E-state index in [9.17, 15) is 4.79 Å². The van der Waals surface area contributed by atoms with Gasteiger partial charge in [0.2, 0.25) is 5.91 Å². The molecule has 7 nitrogen and oxygen atoms in total. The van der Waals surface area contributed by atoms with Crippen LogP contribution in [0.3, 0.4) is 0 Å². The zero-order valence-corrected chi connectivity index (χ0v) is 12.8. The number of fused-ring (bicyclic) bond motifs is 1. The van der Waals surface area contributed by atoms with Gasteiger partial charge in [0.25, 0.3) is 0 Å². The molecule has 2 aromatic rings. The van der Waals surface area contributed by atoms with E-state index in [1.807, 2.05) is 32.7 Å². The average Bonchev–Trinajstić information content (AvgIpc) is 2.95. The third-order valence-corrected chi connectivity index (χ3v) is 3.88. The summed E-state index contributed by atoms with van der Waals surface area (Å²) in [6.45, 7) is 6.70. The monoisotopic (exact) mass is 288 g/mol. The summed E-state index contributed by atoms with van der Waals surface area (Å²) < 4.78 is 1.71. The van der Waals surface area contributed by atoms with Crippen LogP contribution in [0.15, 0.2) is 6.20 Å². The van der Waals surface area contributed by atoms with Gasteiger partial charge in [-0.25, -0.2) is 9.97 Å². The van der Waals surface area contributed by atoms with Gasteiger partial charge in [0, 0.05) is 19.6 Å². The molecule has 21 heavy (non-hydrogen) atoms. The van der Waals surface area contributed by atoms with Gasteiger partial charge in [-0.2, -0.15) is 5.10 Å². The van der Waals surface area contributed by atoms with E-state index >= 15 is 0 Å². The number of carbonyl (C=O) groups excluding carboxylic acids is 1. The highest BCUT2D eigenvalue weighted by molar-refractivity contribution is 5.91. The predicted molar refractivity (Wildman–Crippen MR) is 79.9 cm³/mol. The number of carbonyl (C=O) groups is 1. The molecule has 1 atom stereocenters. The number of nitrogens with zero attached hydrogens (tertiary/aromatic N) is 5. The summed E-state index contributed by atoms with van der Waals surface area (Å²) in [7, 11) is 1.85. The molecule has 0 aliphatic carbocycles. The van der Waals surface area contributed by atoms with Crippen molar-refractivity contribution in [2.24, 2.45) is 7.05 Å². The molecule has 2 aromatic heterocycles. The van der Waals surface area contributed by atoms with Gasteiger partial charge in [0.05, 0.1) is 11.6 Å². The fraction of sp³-hybridized carbons (Fsp3) is 0.571. The molecule has 0 spiro atoms. The number of aryl methyl sites for hydroxylation is 2. The van der Waals surface area contributed by atoms with Crippen LogP contribution < -0.4 is 5.32 Å². The molecule has 0 unspecified atom stereocenters. The molecular formula is C14H20N6O. The van der Waals surface area contributed by atoms with Crippen molar-refractivity contribution >= 4 is 22.8 Å². The van der Waals surface area contributed by atoms with E-state index in [0.717, 1.165) is 24.0 Å². The zero-order valence-electron chi connectivity index (χ0n) is 12.8. The normalized spacial score (nSPS) is 19.0. The Hall–Kier alpha value is -2.18. The van der Waals surface area contributed by atoms with Crippen molar-refractivity contribution in [1.82, 2.24) is 24.6 Å². The molecule has 1 N–H and O–H groups in total. The van der Waals surface area contributed by atoms with Gasteiger partial charge in [0.15, 0.2) is 5.65 Å². The minimum absolute atomic E-state index is 0.137. The van der Waals surface area contributed by atoms with E-state index in [0.29, 0.717) is 11.6 Å². The van der Waals surface area contributed by atoms with Crippen LogP contribution in [-0.4, -0.2) is 49.2 Å². The SMILES string of the molecule is Cc1nc(N[C@H]2CCN(C(C)C)C2=O)c2cnn(C)c2n1. The minimum Gasteiger partial charge on any atom is -0.358 e. The second-order valence-corrected chi connectivity index (χ2v) is 5.74. The molecule has 112 valence electrons. The highest BCUT2D eigenvalue weighted by Crippen LogP contribution is 2.23. The van der Waals surface area contributed by atoms with Gasteiger partial charge < -0.3 is 10.2 Å². The molecule has 0 radical (unpaired) electrons. The van der Waals surface area contributed by atoms with Crippen molar-refractivity contribution in [3.05, 3.63) is 12.0 Å². The van der Waals surface area contributed by atoms with Crippen LogP contribution in [0.4, 0.5) is 5.82 Å². The van der Waals surface area contributed by atoms with Crippen molar-refractivity contribution < 1.29 is 4.79 Å². The van der Waals surface area contributed by atoms with Gasteiger partial charge >= 0.3 is 0 Å². The molecule has 0 bridgehead atoms. The van der Waals surface area contributed by atoms with E-state index in [2.05, 4.69) is 20.4 Å². The fourth-order valence-corrected chi connectivity index (χ4v) is 2.75. The first-order chi connectivity index (χ1) is 9.97. The first kappa shape index (κ1) is 13.8. The lowest BCUT2D eigenvalue weighted by Gasteiger charge is -2.21. The second kappa shape index (κ2) is 4.98. The van der Waals surface area contributed by atoms with Crippen LogP contribution >= 0.6 is 0 Å². The van der Waals surface area contributed by atoms with Crippen LogP contribution in [0.25, 0.3) is 11.0 Å². The maximum atomic E-state index is 12.4. The number of aromatic nitrogens is 4. The van der Waals surface area contributed by atoms with E-state index in [4.69, 9.17) is 0 Å². The Bertz CT molecular complexity index is 692. The number of hydrogen-bond acceptors (Lipinski definition) is 5. The molecule has 3 heterocycles. The lowest BCUT2D eigenvalue weighted by atomic mass is 10.2. The molecule has 1 amide bonds. The summed E-state index contributed by atoms with van der Waals surface area (Å²) in [5.74, 6) is 1.49. The number of nitrogens with one attached hydrogen (secondary N) is 1. The Kier molecular flexibility index (Phi) is 3.27. The number of rotatable bonds is 3. The van der Waals surface area contributed by atoms with E-state index in [1.54, 1.807) is 10.9 Å². The van der Waals surface area contributed by atoms with Crippen molar-refractivity contribution in [2.75, 3.05) is 11.9 Å². The molecule has 0 saturated carbocycles. The lowest BCUT2D eigenvalue weighted by molar-refractivity contribution is -0.129. The van der Waals surface area contributed by atoms with Crippen molar-refractivity contribution in [2.45, 2.75) is 39.3 Å². The average molecular weight is 288 g/mol. The van der Waals surface area contributed by atoms with Gasteiger partial charge in [-0.3, -0.25) is 9.48 Å². The number of hydrogen-bond donors (Lipinski definition) is 1. The lowest BCUT2D eigenvalue weighted by Crippen LogP contribution is -2.37. The molecule has 1 aliphatic rings.